The van der Waals surface area contributed by atoms with E-state index >= 15 is 0 Å². The Labute approximate surface area is 148 Å². The molecule has 0 aliphatic carbocycles. The monoisotopic (exact) mass is 344 g/mol. The molecule has 2 rings (SSSR count). The molecule has 0 spiro atoms. The van der Waals surface area contributed by atoms with Crippen LogP contribution in [0, 0.1) is 6.92 Å². The van der Waals surface area contributed by atoms with Crippen molar-refractivity contribution in [2.75, 3.05) is 13.1 Å². The molecule has 1 N–H and O–H groups in total. The number of rotatable bonds is 7. The van der Waals surface area contributed by atoms with Crippen molar-refractivity contribution in [3.63, 3.8) is 0 Å². The largest absolute Gasteiger partial charge is 0.353 e. The van der Waals surface area contributed by atoms with Gasteiger partial charge in [-0.15, -0.1) is 0 Å². The number of carbonyl (C=O) groups is 1. The molecule has 1 aromatic carbocycles. The summed E-state index contributed by atoms with van der Waals surface area (Å²) in [6, 6.07) is 6.34. The van der Waals surface area contributed by atoms with E-state index in [2.05, 4.69) is 42.9 Å². The highest BCUT2D eigenvalue weighted by molar-refractivity contribution is 5.81. The number of nitrogens with zero attached hydrogens (tertiary/aromatic N) is 3. The van der Waals surface area contributed by atoms with Gasteiger partial charge in [0.25, 0.3) is 5.56 Å². The molecule has 1 aromatic heterocycles. The first-order valence-electron chi connectivity index (χ1n) is 8.78. The van der Waals surface area contributed by atoms with E-state index in [9.17, 15) is 9.59 Å². The van der Waals surface area contributed by atoms with Gasteiger partial charge in [-0.3, -0.25) is 19.1 Å². The standard InChI is InChI=1S/C19H28N4O2/c1-13(2)23(14(3)4)10-9-20-17(24)11-22-12-21-18-15(5)7-6-8-16(18)19(22)25/h6-8,12-14H,9-11H2,1-5H3,(H,20,24). The van der Waals surface area contributed by atoms with Crippen LogP contribution >= 0.6 is 0 Å². The van der Waals surface area contributed by atoms with E-state index in [0.29, 0.717) is 29.5 Å². The summed E-state index contributed by atoms with van der Waals surface area (Å²) in [4.78, 5) is 31.3. The molecule has 6 nitrogen and oxygen atoms in total. The molecule has 136 valence electrons. The zero-order valence-electron chi connectivity index (χ0n) is 15.7. The van der Waals surface area contributed by atoms with Gasteiger partial charge in [0.15, 0.2) is 0 Å². The predicted molar refractivity (Wildman–Crippen MR) is 101 cm³/mol. The van der Waals surface area contributed by atoms with Crippen molar-refractivity contribution in [2.24, 2.45) is 0 Å². The zero-order valence-corrected chi connectivity index (χ0v) is 15.7. The molecule has 2 aromatic rings. The average Bonchev–Trinajstić information content (AvgIpc) is 2.54. The first-order valence-corrected chi connectivity index (χ1v) is 8.78. The lowest BCUT2D eigenvalue weighted by molar-refractivity contribution is -0.121. The number of nitrogens with one attached hydrogen (secondary N) is 1. The predicted octanol–water partition coefficient (Wildman–Crippen LogP) is 1.94. The maximum absolute atomic E-state index is 12.5. The van der Waals surface area contributed by atoms with Crippen molar-refractivity contribution in [2.45, 2.75) is 53.2 Å². The first kappa shape index (κ1) is 19.1. The van der Waals surface area contributed by atoms with Crippen LogP contribution in [-0.2, 0) is 11.3 Å². The van der Waals surface area contributed by atoms with Gasteiger partial charge in [0.1, 0.15) is 6.54 Å². The van der Waals surface area contributed by atoms with Gasteiger partial charge in [-0.2, -0.15) is 0 Å². The van der Waals surface area contributed by atoms with Gasteiger partial charge < -0.3 is 5.32 Å². The minimum Gasteiger partial charge on any atom is -0.353 e. The number of amides is 1. The van der Waals surface area contributed by atoms with Crippen molar-refractivity contribution in [1.29, 1.82) is 0 Å². The number of carbonyl (C=O) groups excluding carboxylic acids is 1. The van der Waals surface area contributed by atoms with E-state index in [1.165, 1.54) is 10.9 Å². The van der Waals surface area contributed by atoms with E-state index in [0.717, 1.165) is 12.1 Å². The topological polar surface area (TPSA) is 67.2 Å². The van der Waals surface area contributed by atoms with Crippen molar-refractivity contribution in [3.05, 3.63) is 40.4 Å². The normalized spacial score (nSPS) is 11.7. The van der Waals surface area contributed by atoms with Gasteiger partial charge >= 0.3 is 0 Å². The lowest BCUT2D eigenvalue weighted by Gasteiger charge is -2.30. The fourth-order valence-corrected chi connectivity index (χ4v) is 3.10. The Morgan fingerprint density at radius 2 is 1.92 bits per heavy atom. The molecule has 6 heteroatoms. The maximum Gasteiger partial charge on any atom is 0.261 e. The molecule has 1 amide bonds. The minimum absolute atomic E-state index is 0.0148. The highest BCUT2D eigenvalue weighted by atomic mass is 16.2. The summed E-state index contributed by atoms with van der Waals surface area (Å²) in [7, 11) is 0. The summed E-state index contributed by atoms with van der Waals surface area (Å²) >= 11 is 0. The molecule has 0 atom stereocenters. The first-order chi connectivity index (χ1) is 11.8. The van der Waals surface area contributed by atoms with E-state index in [1.807, 2.05) is 19.1 Å². The van der Waals surface area contributed by atoms with E-state index < -0.39 is 0 Å². The van der Waals surface area contributed by atoms with E-state index in [4.69, 9.17) is 0 Å². The number of fused-ring (bicyclic) bond motifs is 1. The van der Waals surface area contributed by atoms with Crippen LogP contribution in [0.15, 0.2) is 29.3 Å². The molecule has 0 aliphatic rings. The third kappa shape index (κ3) is 4.66. The Morgan fingerprint density at radius 1 is 1.24 bits per heavy atom. The van der Waals surface area contributed by atoms with Gasteiger partial charge in [0.2, 0.25) is 5.91 Å². The van der Waals surface area contributed by atoms with Crippen LogP contribution in [-0.4, -0.2) is 45.5 Å². The molecule has 0 saturated heterocycles. The number of benzene rings is 1. The van der Waals surface area contributed by atoms with Crippen LogP contribution in [0.1, 0.15) is 33.3 Å². The second-order valence-electron chi connectivity index (χ2n) is 6.92. The van der Waals surface area contributed by atoms with Crippen molar-refractivity contribution < 1.29 is 4.79 Å². The second kappa shape index (κ2) is 8.25. The SMILES string of the molecule is Cc1cccc2c(=O)n(CC(=O)NCCN(C(C)C)C(C)C)cnc12. The molecule has 0 saturated carbocycles. The number of para-hydroxylation sites is 1. The van der Waals surface area contributed by atoms with Crippen LogP contribution in [0.4, 0.5) is 0 Å². The van der Waals surface area contributed by atoms with Crippen LogP contribution in [0.25, 0.3) is 10.9 Å². The van der Waals surface area contributed by atoms with Crippen molar-refractivity contribution in [3.8, 4) is 0 Å². The summed E-state index contributed by atoms with van der Waals surface area (Å²) in [5.41, 5.74) is 1.46. The highest BCUT2D eigenvalue weighted by Crippen LogP contribution is 2.11. The molecule has 0 aliphatic heterocycles. The molecule has 0 radical (unpaired) electrons. The molecule has 0 fully saturated rings. The lowest BCUT2D eigenvalue weighted by atomic mass is 10.1. The third-order valence-electron chi connectivity index (χ3n) is 4.39. The molecule has 25 heavy (non-hydrogen) atoms. The zero-order chi connectivity index (χ0) is 18.6. The number of hydrogen-bond donors (Lipinski definition) is 1. The summed E-state index contributed by atoms with van der Waals surface area (Å²) in [5, 5.41) is 3.43. The average molecular weight is 344 g/mol. The fourth-order valence-electron chi connectivity index (χ4n) is 3.10. The maximum atomic E-state index is 12.5. The van der Waals surface area contributed by atoms with Gasteiger partial charge in [0.05, 0.1) is 17.2 Å². The Hall–Kier alpha value is -2.21. The molecular formula is C19H28N4O2. The van der Waals surface area contributed by atoms with E-state index in [-0.39, 0.29) is 18.0 Å². The van der Waals surface area contributed by atoms with Crippen molar-refractivity contribution >= 4 is 16.8 Å². The minimum atomic E-state index is -0.185. The summed E-state index contributed by atoms with van der Waals surface area (Å²) in [5.74, 6) is -0.177. The summed E-state index contributed by atoms with van der Waals surface area (Å²) in [6.45, 7) is 11.8. The van der Waals surface area contributed by atoms with Gasteiger partial charge in [-0.1, -0.05) is 12.1 Å². The second-order valence-corrected chi connectivity index (χ2v) is 6.92. The Kier molecular flexibility index (Phi) is 6.31. The molecular weight excluding hydrogens is 316 g/mol. The summed E-state index contributed by atoms with van der Waals surface area (Å²) in [6.07, 6.45) is 1.45. The van der Waals surface area contributed by atoms with Crippen molar-refractivity contribution in [1.82, 2.24) is 19.8 Å². The Balaban J connectivity index is 2.00. The number of aromatic nitrogens is 2. The smallest absolute Gasteiger partial charge is 0.261 e. The highest BCUT2D eigenvalue weighted by Gasteiger charge is 2.14. The van der Waals surface area contributed by atoms with E-state index in [1.54, 1.807) is 6.07 Å². The lowest BCUT2D eigenvalue weighted by Crippen LogP contribution is -2.43. The van der Waals surface area contributed by atoms with Gasteiger partial charge in [0, 0.05) is 25.2 Å². The third-order valence-corrected chi connectivity index (χ3v) is 4.39. The van der Waals surface area contributed by atoms with Crippen LogP contribution < -0.4 is 10.9 Å². The van der Waals surface area contributed by atoms with Crippen LogP contribution in [0.2, 0.25) is 0 Å². The molecule has 0 bridgehead atoms. The summed E-state index contributed by atoms with van der Waals surface area (Å²) < 4.78 is 1.36. The molecule has 0 unspecified atom stereocenters. The Bertz CT molecular complexity index is 788. The quantitative estimate of drug-likeness (QED) is 0.833. The van der Waals surface area contributed by atoms with Gasteiger partial charge in [-0.05, 0) is 46.2 Å². The molecule has 1 heterocycles. The Morgan fingerprint density at radius 3 is 2.56 bits per heavy atom. The number of hydrogen-bond acceptors (Lipinski definition) is 4. The van der Waals surface area contributed by atoms with Gasteiger partial charge in [-0.25, -0.2) is 4.98 Å². The van der Waals surface area contributed by atoms with Crippen LogP contribution in [0.5, 0.6) is 0 Å². The van der Waals surface area contributed by atoms with Crippen LogP contribution in [0.3, 0.4) is 0 Å². The fraction of sp³-hybridized carbons (Fsp3) is 0.526. The number of aryl methyl sites for hydroxylation is 1.